The fourth-order valence-electron chi connectivity index (χ4n) is 3.64. The molecular formula is C23H27N3O5. The Morgan fingerprint density at radius 3 is 2.58 bits per heavy atom. The van der Waals surface area contributed by atoms with Gasteiger partial charge < -0.3 is 24.1 Å². The minimum atomic E-state index is 0.120. The van der Waals surface area contributed by atoms with Crippen molar-refractivity contribution in [2.24, 2.45) is 0 Å². The molecule has 2 heterocycles. The number of ether oxygens (including phenoxy) is 4. The SMILES string of the molecule is COc1ccc(-c2cn[nH]c2-c2ccc(OCCN3CCOCC3)cc2O)cc1OC. The molecule has 0 radical (unpaired) electrons. The first-order chi connectivity index (χ1) is 15.2. The third-order valence-electron chi connectivity index (χ3n) is 5.35. The van der Waals surface area contributed by atoms with Crippen molar-refractivity contribution in [1.82, 2.24) is 15.1 Å². The van der Waals surface area contributed by atoms with Gasteiger partial charge in [-0.15, -0.1) is 0 Å². The summed E-state index contributed by atoms with van der Waals surface area (Å²) >= 11 is 0. The molecule has 0 unspecified atom stereocenters. The van der Waals surface area contributed by atoms with Crippen LogP contribution < -0.4 is 14.2 Å². The summed E-state index contributed by atoms with van der Waals surface area (Å²) in [5.74, 6) is 2.02. The van der Waals surface area contributed by atoms with Crippen LogP contribution in [0.1, 0.15) is 0 Å². The van der Waals surface area contributed by atoms with E-state index in [1.54, 1.807) is 26.5 Å². The Hall–Kier alpha value is -3.23. The highest BCUT2D eigenvalue weighted by molar-refractivity contribution is 5.84. The van der Waals surface area contributed by atoms with Crippen molar-refractivity contribution in [3.63, 3.8) is 0 Å². The lowest BCUT2D eigenvalue weighted by Crippen LogP contribution is -2.38. The van der Waals surface area contributed by atoms with Crippen LogP contribution in [0.25, 0.3) is 22.4 Å². The Labute approximate surface area is 181 Å². The molecule has 1 fully saturated rings. The number of phenols is 1. The molecule has 2 aromatic carbocycles. The maximum atomic E-state index is 10.7. The Morgan fingerprint density at radius 2 is 1.84 bits per heavy atom. The molecule has 0 aliphatic carbocycles. The number of aromatic nitrogens is 2. The highest BCUT2D eigenvalue weighted by atomic mass is 16.5. The van der Waals surface area contributed by atoms with Crippen molar-refractivity contribution in [1.29, 1.82) is 0 Å². The first kappa shape index (κ1) is 21.0. The van der Waals surface area contributed by atoms with E-state index in [4.69, 9.17) is 18.9 Å². The fraction of sp³-hybridized carbons (Fsp3) is 0.348. The van der Waals surface area contributed by atoms with Gasteiger partial charge in [-0.3, -0.25) is 10.00 Å². The second-order valence-electron chi connectivity index (χ2n) is 7.21. The number of rotatable bonds is 8. The number of hydrogen-bond donors (Lipinski definition) is 2. The topological polar surface area (TPSA) is 89.1 Å². The molecule has 1 aliphatic heterocycles. The Morgan fingerprint density at radius 1 is 1.03 bits per heavy atom. The van der Waals surface area contributed by atoms with Gasteiger partial charge in [0.1, 0.15) is 18.1 Å². The minimum Gasteiger partial charge on any atom is -0.507 e. The van der Waals surface area contributed by atoms with Crippen LogP contribution in [0.5, 0.6) is 23.0 Å². The summed E-state index contributed by atoms with van der Waals surface area (Å²) in [6.07, 6.45) is 1.72. The maximum Gasteiger partial charge on any atom is 0.161 e. The van der Waals surface area contributed by atoms with Crippen LogP contribution in [-0.2, 0) is 4.74 Å². The first-order valence-corrected chi connectivity index (χ1v) is 10.2. The van der Waals surface area contributed by atoms with Crippen molar-refractivity contribution in [3.8, 4) is 45.4 Å². The number of morpholine rings is 1. The predicted molar refractivity (Wildman–Crippen MR) is 117 cm³/mol. The van der Waals surface area contributed by atoms with Crippen molar-refractivity contribution < 1.29 is 24.1 Å². The molecule has 2 N–H and O–H groups in total. The quantitative estimate of drug-likeness (QED) is 0.573. The van der Waals surface area contributed by atoms with E-state index in [1.165, 1.54) is 0 Å². The summed E-state index contributed by atoms with van der Waals surface area (Å²) in [6.45, 7) is 4.76. The van der Waals surface area contributed by atoms with Crippen molar-refractivity contribution >= 4 is 0 Å². The predicted octanol–water partition coefficient (Wildman–Crippen LogP) is 3.18. The molecule has 0 atom stereocenters. The number of benzene rings is 2. The number of aromatic amines is 1. The number of phenolic OH excluding ortho intramolecular Hbond substituents is 1. The van der Waals surface area contributed by atoms with Crippen molar-refractivity contribution in [2.45, 2.75) is 0 Å². The van der Waals surface area contributed by atoms with E-state index >= 15 is 0 Å². The lowest BCUT2D eigenvalue weighted by molar-refractivity contribution is 0.0322. The van der Waals surface area contributed by atoms with E-state index in [2.05, 4.69) is 15.1 Å². The molecule has 0 spiro atoms. The van der Waals surface area contributed by atoms with Gasteiger partial charge in [-0.2, -0.15) is 5.10 Å². The van der Waals surface area contributed by atoms with Crippen molar-refractivity contribution in [3.05, 3.63) is 42.6 Å². The molecule has 3 aromatic rings. The normalized spacial score (nSPS) is 14.4. The summed E-state index contributed by atoms with van der Waals surface area (Å²) in [5, 5.41) is 17.8. The van der Waals surface area contributed by atoms with Crippen LogP contribution in [0.3, 0.4) is 0 Å². The molecule has 0 saturated carbocycles. The molecule has 0 bridgehead atoms. The van der Waals surface area contributed by atoms with Crippen molar-refractivity contribution in [2.75, 3.05) is 53.7 Å². The summed E-state index contributed by atoms with van der Waals surface area (Å²) < 4.78 is 21.9. The van der Waals surface area contributed by atoms with Gasteiger partial charge in [0.15, 0.2) is 11.5 Å². The Balaban J connectivity index is 1.50. The number of methoxy groups -OCH3 is 2. The summed E-state index contributed by atoms with van der Waals surface area (Å²) in [4.78, 5) is 2.30. The van der Waals surface area contributed by atoms with Gasteiger partial charge in [0.25, 0.3) is 0 Å². The number of aromatic hydroxyl groups is 1. The largest absolute Gasteiger partial charge is 0.507 e. The fourth-order valence-corrected chi connectivity index (χ4v) is 3.64. The van der Waals surface area contributed by atoms with E-state index in [0.29, 0.717) is 35.1 Å². The summed E-state index contributed by atoms with van der Waals surface area (Å²) in [6, 6.07) is 11.0. The molecule has 1 aromatic heterocycles. The van der Waals surface area contributed by atoms with Crippen LogP contribution in [-0.4, -0.2) is 73.9 Å². The van der Waals surface area contributed by atoms with Crippen LogP contribution in [0.15, 0.2) is 42.6 Å². The van der Waals surface area contributed by atoms with Crippen LogP contribution in [0, 0.1) is 0 Å². The lowest BCUT2D eigenvalue weighted by Gasteiger charge is -2.26. The van der Waals surface area contributed by atoms with Gasteiger partial charge in [0, 0.05) is 36.8 Å². The van der Waals surface area contributed by atoms with Gasteiger partial charge in [-0.05, 0) is 29.8 Å². The van der Waals surface area contributed by atoms with E-state index in [9.17, 15) is 5.11 Å². The van der Waals surface area contributed by atoms with Crippen LogP contribution in [0.4, 0.5) is 0 Å². The lowest BCUT2D eigenvalue weighted by atomic mass is 10.0. The molecule has 4 rings (SSSR count). The van der Waals surface area contributed by atoms with E-state index in [1.807, 2.05) is 30.3 Å². The number of nitrogens with zero attached hydrogens (tertiary/aromatic N) is 2. The van der Waals surface area contributed by atoms with E-state index < -0.39 is 0 Å². The zero-order valence-corrected chi connectivity index (χ0v) is 17.8. The summed E-state index contributed by atoms with van der Waals surface area (Å²) in [5.41, 5.74) is 3.09. The molecule has 164 valence electrons. The third kappa shape index (κ3) is 4.76. The first-order valence-electron chi connectivity index (χ1n) is 10.2. The smallest absolute Gasteiger partial charge is 0.161 e. The van der Waals surface area contributed by atoms with Gasteiger partial charge in [0.05, 0.1) is 39.3 Å². The summed E-state index contributed by atoms with van der Waals surface area (Å²) in [7, 11) is 3.20. The van der Waals surface area contributed by atoms with Gasteiger partial charge in [-0.25, -0.2) is 0 Å². The van der Waals surface area contributed by atoms with Gasteiger partial charge >= 0.3 is 0 Å². The molecule has 1 aliphatic rings. The van der Waals surface area contributed by atoms with Crippen LogP contribution >= 0.6 is 0 Å². The molecule has 1 saturated heterocycles. The highest BCUT2D eigenvalue weighted by Crippen LogP contribution is 2.39. The minimum absolute atomic E-state index is 0.120. The Bertz CT molecular complexity index is 1010. The third-order valence-corrected chi connectivity index (χ3v) is 5.35. The molecule has 0 amide bonds. The average Bonchev–Trinajstić information content (AvgIpc) is 3.29. The zero-order valence-electron chi connectivity index (χ0n) is 17.8. The van der Waals surface area contributed by atoms with Gasteiger partial charge in [-0.1, -0.05) is 6.07 Å². The monoisotopic (exact) mass is 425 g/mol. The highest BCUT2D eigenvalue weighted by Gasteiger charge is 2.16. The molecule has 8 heteroatoms. The number of nitrogens with one attached hydrogen (secondary N) is 1. The van der Waals surface area contributed by atoms with E-state index in [-0.39, 0.29) is 5.75 Å². The Kier molecular flexibility index (Phi) is 6.59. The zero-order chi connectivity index (χ0) is 21.6. The molecule has 31 heavy (non-hydrogen) atoms. The molecule has 8 nitrogen and oxygen atoms in total. The maximum absolute atomic E-state index is 10.7. The average molecular weight is 425 g/mol. The van der Waals surface area contributed by atoms with Crippen LogP contribution in [0.2, 0.25) is 0 Å². The molecular weight excluding hydrogens is 398 g/mol. The number of H-pyrrole nitrogens is 1. The second-order valence-corrected chi connectivity index (χ2v) is 7.21. The van der Waals surface area contributed by atoms with Gasteiger partial charge in [0.2, 0.25) is 0 Å². The standard InChI is InChI=1S/C23H27N3O5/c1-28-21-6-3-16(13-22(21)29-2)19-15-24-25-23(19)18-5-4-17(14-20(18)27)31-12-9-26-7-10-30-11-8-26/h3-6,13-15,27H,7-12H2,1-2H3,(H,24,25). The van der Waals surface area contributed by atoms with E-state index in [0.717, 1.165) is 44.0 Å². The second kappa shape index (κ2) is 9.72. The number of hydrogen-bond acceptors (Lipinski definition) is 7.